The molecule has 0 saturated carbocycles. The highest BCUT2D eigenvalue weighted by Gasteiger charge is 2.45. The molecule has 1 saturated heterocycles. The van der Waals surface area contributed by atoms with Crippen molar-refractivity contribution >= 4 is 22.9 Å². The summed E-state index contributed by atoms with van der Waals surface area (Å²) in [7, 11) is 3.91. The largest absolute Gasteiger partial charge is 0.347 e. The van der Waals surface area contributed by atoms with Gasteiger partial charge < -0.3 is 9.80 Å². The zero-order valence-electron chi connectivity index (χ0n) is 16.8. The molecule has 3 heterocycles. The first-order valence-corrected chi connectivity index (χ1v) is 10.1. The molecule has 1 aromatic carbocycles. The summed E-state index contributed by atoms with van der Waals surface area (Å²) >= 11 is 0. The summed E-state index contributed by atoms with van der Waals surface area (Å²) in [6.07, 6.45) is 7.56. The molecule has 1 atom stereocenters. The molecule has 29 heavy (non-hydrogen) atoms. The Kier molecular flexibility index (Phi) is 4.19. The number of benzene rings is 1. The monoisotopic (exact) mass is 388 g/mol. The minimum atomic E-state index is -0.0821. The van der Waals surface area contributed by atoms with E-state index in [9.17, 15) is 4.79 Å². The van der Waals surface area contributed by atoms with E-state index in [4.69, 9.17) is 4.98 Å². The number of nitrogens with zero attached hydrogens (tertiary/aromatic N) is 6. The average Bonchev–Trinajstić information content (AvgIpc) is 3.10. The van der Waals surface area contributed by atoms with E-state index < -0.39 is 0 Å². The number of fused-ring (bicyclic) bond motifs is 3. The van der Waals surface area contributed by atoms with Crippen LogP contribution in [-0.2, 0) is 11.8 Å². The predicted molar refractivity (Wildman–Crippen MR) is 111 cm³/mol. The van der Waals surface area contributed by atoms with Crippen molar-refractivity contribution in [3.63, 3.8) is 0 Å². The molecule has 2 aliphatic rings. The molecule has 3 aromatic rings. The van der Waals surface area contributed by atoms with Crippen molar-refractivity contribution in [3.8, 4) is 0 Å². The molecule has 1 fully saturated rings. The van der Waals surface area contributed by atoms with Crippen molar-refractivity contribution < 1.29 is 4.79 Å². The molecular weight excluding hydrogens is 364 g/mol. The molecule has 2 aromatic heterocycles. The third-order valence-corrected chi connectivity index (χ3v) is 6.16. The van der Waals surface area contributed by atoms with Crippen LogP contribution in [0.2, 0.25) is 0 Å². The van der Waals surface area contributed by atoms with E-state index in [0.717, 1.165) is 54.9 Å². The molecule has 7 heteroatoms. The van der Waals surface area contributed by atoms with Crippen molar-refractivity contribution in [1.29, 1.82) is 0 Å². The number of carbonyl (C=O) groups is 1. The van der Waals surface area contributed by atoms with Crippen LogP contribution < -0.4 is 4.90 Å². The number of likely N-dealkylation sites (tertiary alicyclic amines) is 1. The number of rotatable bonds is 2. The lowest BCUT2D eigenvalue weighted by molar-refractivity contribution is 0.0627. The van der Waals surface area contributed by atoms with Gasteiger partial charge in [-0.2, -0.15) is 0 Å². The predicted octanol–water partition coefficient (Wildman–Crippen LogP) is 2.61. The lowest BCUT2D eigenvalue weighted by Gasteiger charge is -2.40. The van der Waals surface area contributed by atoms with Gasteiger partial charge in [0.15, 0.2) is 0 Å². The third-order valence-electron chi connectivity index (χ3n) is 6.16. The van der Waals surface area contributed by atoms with Crippen LogP contribution in [0.1, 0.15) is 41.0 Å². The van der Waals surface area contributed by atoms with Crippen LogP contribution in [0.25, 0.3) is 11.0 Å². The van der Waals surface area contributed by atoms with Gasteiger partial charge in [-0.3, -0.25) is 9.78 Å². The smallest absolute Gasteiger partial charge is 0.274 e. The van der Waals surface area contributed by atoms with Gasteiger partial charge in [0.05, 0.1) is 22.9 Å². The number of carbonyl (C=O) groups excluding carboxylic acids is 1. The lowest BCUT2D eigenvalue weighted by Crippen LogP contribution is -2.48. The number of piperidine rings is 1. The molecule has 1 aliphatic heterocycles. The molecule has 7 nitrogen and oxygen atoms in total. The summed E-state index contributed by atoms with van der Waals surface area (Å²) in [6, 6.07) is 7.64. The van der Waals surface area contributed by atoms with Gasteiger partial charge >= 0.3 is 0 Å². The maximum atomic E-state index is 13.3. The van der Waals surface area contributed by atoms with Gasteiger partial charge in [0.25, 0.3) is 5.91 Å². The topological polar surface area (TPSA) is 75.1 Å². The molecule has 5 rings (SSSR count). The Bertz CT molecular complexity index is 1090. The van der Waals surface area contributed by atoms with Gasteiger partial charge in [0.1, 0.15) is 5.69 Å². The van der Waals surface area contributed by atoms with Crippen molar-refractivity contribution in [3.05, 3.63) is 53.6 Å². The molecule has 148 valence electrons. The average molecular weight is 388 g/mol. The number of hydrogen-bond acceptors (Lipinski definition) is 6. The SMILES string of the molecule is CN(C)c1ncc2c(n1)C1(CCCN(C(=O)c3cnc4ccccc4n3)C1)CC2. The Balaban J connectivity index is 1.45. The zero-order chi connectivity index (χ0) is 20.0. The lowest BCUT2D eigenvalue weighted by atomic mass is 9.77. The van der Waals surface area contributed by atoms with Crippen LogP contribution in [-0.4, -0.2) is 57.9 Å². The van der Waals surface area contributed by atoms with Crippen molar-refractivity contribution in [1.82, 2.24) is 24.8 Å². The standard InChI is InChI=1S/C22H24N6O/c1-27(2)21-24-12-15-8-10-22(19(15)26-21)9-5-11-28(14-22)20(29)18-13-23-16-6-3-4-7-17(16)25-18/h3-4,6-7,12-13H,5,8-11,14H2,1-2H3. The number of hydrogen-bond donors (Lipinski definition) is 0. The Morgan fingerprint density at radius 3 is 2.72 bits per heavy atom. The number of aryl methyl sites for hydroxylation is 1. The van der Waals surface area contributed by atoms with Gasteiger partial charge in [-0.1, -0.05) is 12.1 Å². The van der Waals surface area contributed by atoms with Gasteiger partial charge in [-0.05, 0) is 43.4 Å². The van der Waals surface area contributed by atoms with Crippen molar-refractivity contribution in [2.24, 2.45) is 0 Å². The third kappa shape index (κ3) is 3.01. The van der Waals surface area contributed by atoms with Crippen LogP contribution in [0.15, 0.2) is 36.7 Å². The first kappa shape index (κ1) is 18.0. The Labute approximate surface area is 169 Å². The highest BCUT2D eigenvalue weighted by Crippen LogP contribution is 2.44. The second-order valence-corrected chi connectivity index (χ2v) is 8.29. The molecule has 0 N–H and O–H groups in total. The summed E-state index contributed by atoms with van der Waals surface area (Å²) in [4.78, 5) is 35.5. The van der Waals surface area contributed by atoms with E-state index in [1.54, 1.807) is 6.20 Å². The normalized spacial score (nSPS) is 20.8. The summed E-state index contributed by atoms with van der Waals surface area (Å²) in [5.74, 6) is 0.687. The highest BCUT2D eigenvalue weighted by atomic mass is 16.2. The van der Waals surface area contributed by atoms with Crippen LogP contribution in [0, 0.1) is 0 Å². The van der Waals surface area contributed by atoms with E-state index in [-0.39, 0.29) is 11.3 Å². The van der Waals surface area contributed by atoms with Crippen LogP contribution >= 0.6 is 0 Å². The molecule has 1 amide bonds. The Morgan fingerprint density at radius 2 is 1.90 bits per heavy atom. The Morgan fingerprint density at radius 1 is 1.07 bits per heavy atom. The summed E-state index contributed by atoms with van der Waals surface area (Å²) < 4.78 is 0. The summed E-state index contributed by atoms with van der Waals surface area (Å²) in [5, 5.41) is 0. The van der Waals surface area contributed by atoms with Crippen LogP contribution in [0.3, 0.4) is 0 Å². The first-order valence-electron chi connectivity index (χ1n) is 10.1. The molecule has 1 unspecified atom stereocenters. The minimum Gasteiger partial charge on any atom is -0.347 e. The maximum absolute atomic E-state index is 13.3. The van der Waals surface area contributed by atoms with Gasteiger partial charge in [0, 0.05) is 38.8 Å². The van der Waals surface area contributed by atoms with E-state index in [1.165, 1.54) is 5.56 Å². The molecule has 0 radical (unpaired) electrons. The fourth-order valence-electron chi connectivity index (χ4n) is 4.67. The van der Waals surface area contributed by atoms with Crippen LogP contribution in [0.4, 0.5) is 5.95 Å². The van der Waals surface area contributed by atoms with Gasteiger partial charge in [-0.15, -0.1) is 0 Å². The minimum absolute atomic E-state index is 0.0438. The van der Waals surface area contributed by atoms with Crippen molar-refractivity contribution in [2.45, 2.75) is 31.1 Å². The van der Waals surface area contributed by atoms with E-state index in [0.29, 0.717) is 12.2 Å². The summed E-state index contributed by atoms with van der Waals surface area (Å²) in [5.41, 5.74) is 4.22. The zero-order valence-corrected chi connectivity index (χ0v) is 16.8. The summed E-state index contributed by atoms with van der Waals surface area (Å²) in [6.45, 7) is 1.42. The molecule has 1 aliphatic carbocycles. The molecule has 0 bridgehead atoms. The molecular formula is C22H24N6O. The number of para-hydroxylation sites is 2. The second kappa shape index (κ2) is 6.76. The molecule has 1 spiro atoms. The van der Waals surface area contributed by atoms with E-state index in [1.807, 2.05) is 54.4 Å². The Hall–Kier alpha value is -3.09. The van der Waals surface area contributed by atoms with E-state index in [2.05, 4.69) is 15.0 Å². The van der Waals surface area contributed by atoms with E-state index >= 15 is 0 Å². The highest BCUT2D eigenvalue weighted by molar-refractivity contribution is 5.94. The quantitative estimate of drug-likeness (QED) is 0.672. The first-order chi connectivity index (χ1) is 14.1. The maximum Gasteiger partial charge on any atom is 0.274 e. The number of anilines is 1. The van der Waals surface area contributed by atoms with Crippen LogP contribution in [0.5, 0.6) is 0 Å². The van der Waals surface area contributed by atoms with Crippen molar-refractivity contribution in [2.75, 3.05) is 32.1 Å². The number of amides is 1. The fourth-order valence-corrected chi connectivity index (χ4v) is 4.67. The fraction of sp³-hybridized carbons (Fsp3) is 0.409. The van der Waals surface area contributed by atoms with Gasteiger partial charge in [0.2, 0.25) is 5.95 Å². The second-order valence-electron chi connectivity index (χ2n) is 8.29. The van der Waals surface area contributed by atoms with Gasteiger partial charge in [-0.25, -0.2) is 15.0 Å². The number of aromatic nitrogens is 4.